The van der Waals surface area contributed by atoms with Crippen molar-refractivity contribution >= 4 is 17.2 Å². The average molecular weight is 288 g/mol. The van der Waals surface area contributed by atoms with E-state index in [1.165, 1.54) is 4.88 Å². The quantitative estimate of drug-likeness (QED) is 0.816. The first-order valence-corrected chi connectivity index (χ1v) is 7.52. The van der Waals surface area contributed by atoms with Crippen LogP contribution >= 0.6 is 11.3 Å². The van der Waals surface area contributed by atoms with Crippen LogP contribution in [0.25, 0.3) is 0 Å². The summed E-state index contributed by atoms with van der Waals surface area (Å²) < 4.78 is 0. The highest BCUT2D eigenvalue weighted by Gasteiger charge is 2.12. The summed E-state index contributed by atoms with van der Waals surface area (Å²) in [4.78, 5) is 17.3. The van der Waals surface area contributed by atoms with Crippen molar-refractivity contribution in [2.75, 3.05) is 20.6 Å². The van der Waals surface area contributed by atoms with Crippen LogP contribution in [-0.2, 0) is 17.9 Å². The number of rotatable bonds is 6. The van der Waals surface area contributed by atoms with Crippen LogP contribution in [0.4, 0.5) is 0 Å². The number of benzene rings is 1. The molecular weight excluding hydrogens is 268 g/mol. The van der Waals surface area contributed by atoms with Crippen LogP contribution in [0, 0.1) is 0 Å². The molecule has 0 fully saturated rings. The van der Waals surface area contributed by atoms with Crippen molar-refractivity contribution in [2.45, 2.75) is 13.1 Å². The summed E-state index contributed by atoms with van der Waals surface area (Å²) in [6.07, 6.45) is 0. The molecule has 1 amide bonds. The van der Waals surface area contributed by atoms with Gasteiger partial charge in [-0.05, 0) is 24.1 Å². The van der Waals surface area contributed by atoms with E-state index in [1.807, 2.05) is 50.5 Å². The molecule has 0 aliphatic rings. The van der Waals surface area contributed by atoms with Crippen LogP contribution in [-0.4, -0.2) is 36.3 Å². The molecule has 2 rings (SSSR count). The maximum atomic E-state index is 12.2. The van der Waals surface area contributed by atoms with E-state index in [2.05, 4.69) is 16.3 Å². The number of amides is 1. The fraction of sp³-hybridized carbons (Fsp3) is 0.312. The van der Waals surface area contributed by atoms with Gasteiger partial charge in [0.15, 0.2) is 0 Å². The molecule has 0 unspecified atom stereocenters. The van der Waals surface area contributed by atoms with E-state index in [-0.39, 0.29) is 5.91 Å². The zero-order chi connectivity index (χ0) is 14.4. The van der Waals surface area contributed by atoms with E-state index in [9.17, 15) is 4.79 Å². The topological polar surface area (TPSA) is 23.6 Å². The molecule has 1 heterocycles. The lowest BCUT2D eigenvalue weighted by molar-refractivity contribution is -0.131. The molecule has 2 aromatic rings. The maximum absolute atomic E-state index is 12.2. The van der Waals surface area contributed by atoms with Crippen LogP contribution in [0.15, 0.2) is 47.8 Å². The van der Waals surface area contributed by atoms with Gasteiger partial charge in [-0.2, -0.15) is 0 Å². The fourth-order valence-electron chi connectivity index (χ4n) is 2.02. The Morgan fingerprint density at radius 1 is 1.05 bits per heavy atom. The lowest BCUT2D eigenvalue weighted by atomic mass is 10.2. The molecule has 0 saturated carbocycles. The van der Waals surface area contributed by atoms with Crippen LogP contribution < -0.4 is 0 Å². The lowest BCUT2D eigenvalue weighted by Crippen LogP contribution is -2.35. The van der Waals surface area contributed by atoms with Crippen LogP contribution in [0.2, 0.25) is 0 Å². The highest BCUT2D eigenvalue weighted by Crippen LogP contribution is 2.11. The monoisotopic (exact) mass is 288 g/mol. The number of nitrogens with zero attached hydrogens (tertiary/aromatic N) is 2. The van der Waals surface area contributed by atoms with Gasteiger partial charge in [0.2, 0.25) is 5.91 Å². The van der Waals surface area contributed by atoms with Crippen LogP contribution in [0.5, 0.6) is 0 Å². The molecule has 0 saturated heterocycles. The van der Waals surface area contributed by atoms with Crippen molar-refractivity contribution in [1.29, 1.82) is 0 Å². The van der Waals surface area contributed by atoms with Gasteiger partial charge in [0, 0.05) is 25.0 Å². The van der Waals surface area contributed by atoms with Gasteiger partial charge in [-0.15, -0.1) is 11.3 Å². The summed E-state index contributed by atoms with van der Waals surface area (Å²) in [6.45, 7) is 1.93. The second kappa shape index (κ2) is 7.22. The Kier molecular flexibility index (Phi) is 5.32. The van der Waals surface area contributed by atoms with E-state index >= 15 is 0 Å². The summed E-state index contributed by atoms with van der Waals surface area (Å²) in [5, 5.41) is 2.06. The van der Waals surface area contributed by atoms with Crippen molar-refractivity contribution in [3.63, 3.8) is 0 Å². The molecule has 0 atom stereocenters. The van der Waals surface area contributed by atoms with Crippen molar-refractivity contribution in [2.24, 2.45) is 0 Å². The highest BCUT2D eigenvalue weighted by molar-refractivity contribution is 7.09. The van der Waals surface area contributed by atoms with E-state index in [0.717, 1.165) is 12.1 Å². The van der Waals surface area contributed by atoms with E-state index in [1.54, 1.807) is 16.2 Å². The maximum Gasteiger partial charge on any atom is 0.236 e. The van der Waals surface area contributed by atoms with E-state index < -0.39 is 0 Å². The summed E-state index contributed by atoms with van der Waals surface area (Å²) in [6, 6.07) is 14.2. The van der Waals surface area contributed by atoms with Gasteiger partial charge in [-0.25, -0.2) is 0 Å². The van der Waals surface area contributed by atoms with E-state index in [4.69, 9.17) is 0 Å². The Hall–Kier alpha value is -1.65. The normalized spacial score (nSPS) is 10.8. The third-order valence-corrected chi connectivity index (χ3v) is 3.96. The first-order chi connectivity index (χ1) is 9.65. The van der Waals surface area contributed by atoms with Crippen molar-refractivity contribution in [1.82, 2.24) is 9.80 Å². The third kappa shape index (κ3) is 4.47. The molecule has 0 radical (unpaired) electrons. The third-order valence-electron chi connectivity index (χ3n) is 3.10. The second-order valence-electron chi connectivity index (χ2n) is 4.99. The van der Waals surface area contributed by atoms with Gasteiger partial charge in [-0.1, -0.05) is 36.4 Å². The Bertz CT molecular complexity index is 525. The summed E-state index contributed by atoms with van der Waals surface area (Å²) in [5.74, 6) is 0.146. The predicted molar refractivity (Wildman–Crippen MR) is 83.6 cm³/mol. The number of carbonyl (C=O) groups excluding carboxylic acids is 1. The van der Waals surface area contributed by atoms with Gasteiger partial charge in [0.1, 0.15) is 0 Å². The Morgan fingerprint density at radius 2 is 1.80 bits per heavy atom. The second-order valence-corrected chi connectivity index (χ2v) is 6.02. The molecule has 20 heavy (non-hydrogen) atoms. The van der Waals surface area contributed by atoms with Gasteiger partial charge in [0.05, 0.1) is 6.54 Å². The molecule has 0 N–H and O–H groups in total. The number of thiophene rings is 1. The lowest BCUT2D eigenvalue weighted by Gasteiger charge is -2.21. The van der Waals surface area contributed by atoms with Gasteiger partial charge >= 0.3 is 0 Å². The molecule has 0 spiro atoms. The van der Waals surface area contributed by atoms with E-state index in [0.29, 0.717) is 13.1 Å². The van der Waals surface area contributed by atoms with Gasteiger partial charge in [0.25, 0.3) is 0 Å². The minimum absolute atomic E-state index is 0.146. The molecule has 0 bridgehead atoms. The zero-order valence-corrected chi connectivity index (χ0v) is 12.8. The van der Waals surface area contributed by atoms with Crippen molar-refractivity contribution < 1.29 is 4.79 Å². The molecule has 0 aliphatic carbocycles. The predicted octanol–water partition coefficient (Wildman–Crippen LogP) is 2.84. The van der Waals surface area contributed by atoms with Crippen LogP contribution in [0.1, 0.15) is 10.4 Å². The molecular formula is C16H20N2OS. The minimum Gasteiger partial charge on any atom is -0.340 e. The Balaban J connectivity index is 1.81. The molecule has 3 nitrogen and oxygen atoms in total. The van der Waals surface area contributed by atoms with Gasteiger partial charge < -0.3 is 4.90 Å². The fourth-order valence-corrected chi connectivity index (χ4v) is 2.81. The summed E-state index contributed by atoms with van der Waals surface area (Å²) in [7, 11) is 3.84. The Labute approximate surface area is 124 Å². The van der Waals surface area contributed by atoms with Crippen LogP contribution in [0.3, 0.4) is 0 Å². The van der Waals surface area contributed by atoms with Gasteiger partial charge in [-0.3, -0.25) is 9.69 Å². The standard InChI is InChI=1S/C16H20N2OS/c1-17(12-15-9-6-10-20-15)13-16(19)18(2)11-14-7-4-3-5-8-14/h3-10H,11-13H2,1-2H3. The number of hydrogen-bond acceptors (Lipinski definition) is 3. The highest BCUT2D eigenvalue weighted by atomic mass is 32.1. The first-order valence-electron chi connectivity index (χ1n) is 6.64. The summed E-state index contributed by atoms with van der Waals surface area (Å²) in [5.41, 5.74) is 1.16. The van der Waals surface area contributed by atoms with Crippen molar-refractivity contribution in [3.05, 3.63) is 58.3 Å². The Morgan fingerprint density at radius 3 is 2.45 bits per heavy atom. The smallest absolute Gasteiger partial charge is 0.236 e. The largest absolute Gasteiger partial charge is 0.340 e. The number of carbonyl (C=O) groups is 1. The SMILES string of the molecule is CN(CC(=O)N(C)Cc1ccccc1)Cc1cccs1. The molecule has 4 heteroatoms. The number of hydrogen-bond donors (Lipinski definition) is 0. The number of likely N-dealkylation sites (N-methyl/N-ethyl adjacent to an activating group) is 2. The molecule has 0 aliphatic heterocycles. The minimum atomic E-state index is 0.146. The average Bonchev–Trinajstić information content (AvgIpc) is 2.92. The first kappa shape index (κ1) is 14.8. The summed E-state index contributed by atoms with van der Waals surface area (Å²) >= 11 is 1.72. The molecule has 1 aromatic heterocycles. The molecule has 106 valence electrons. The zero-order valence-electron chi connectivity index (χ0n) is 12.0. The van der Waals surface area contributed by atoms with Crippen molar-refractivity contribution in [3.8, 4) is 0 Å². The molecule has 1 aromatic carbocycles.